The molecule has 3 aliphatic rings. The average Bonchev–Trinajstić information content (AvgIpc) is 3.23. The number of rotatable bonds is 3. The van der Waals surface area contributed by atoms with Crippen LogP contribution in [0.25, 0.3) is 0 Å². The number of urea groups is 1. The summed E-state index contributed by atoms with van der Waals surface area (Å²) in [5.74, 6) is 0.937. The molecule has 0 aromatic rings. The molecule has 0 radical (unpaired) electrons. The van der Waals surface area contributed by atoms with E-state index in [1.54, 1.807) is 0 Å². The molecule has 0 aromatic heterocycles. The van der Waals surface area contributed by atoms with E-state index in [0.29, 0.717) is 5.41 Å². The average molecular weight is 236 g/mol. The molecule has 1 aliphatic heterocycles. The molecule has 1 heterocycles. The Kier molecular flexibility index (Phi) is 3.01. The monoisotopic (exact) mass is 236 g/mol. The van der Waals surface area contributed by atoms with Crippen molar-refractivity contribution in [3.05, 3.63) is 0 Å². The van der Waals surface area contributed by atoms with Gasteiger partial charge in [0, 0.05) is 19.6 Å². The first-order chi connectivity index (χ1) is 8.30. The highest BCUT2D eigenvalue weighted by molar-refractivity contribution is 5.74. The summed E-state index contributed by atoms with van der Waals surface area (Å²) in [6, 6.07) is 0.193. The van der Waals surface area contributed by atoms with Gasteiger partial charge in [-0.25, -0.2) is 4.79 Å². The lowest BCUT2D eigenvalue weighted by Crippen LogP contribution is -2.43. The van der Waals surface area contributed by atoms with E-state index in [4.69, 9.17) is 0 Å². The highest BCUT2D eigenvalue weighted by atomic mass is 16.2. The molecule has 0 atom stereocenters. The minimum Gasteiger partial charge on any atom is -0.337 e. The highest BCUT2D eigenvalue weighted by Crippen LogP contribution is 2.60. The van der Waals surface area contributed by atoms with Gasteiger partial charge in [0.15, 0.2) is 0 Å². The summed E-state index contributed by atoms with van der Waals surface area (Å²) in [7, 11) is 0. The van der Waals surface area contributed by atoms with Crippen molar-refractivity contribution >= 4 is 6.03 Å². The van der Waals surface area contributed by atoms with Gasteiger partial charge in [0.2, 0.25) is 0 Å². The van der Waals surface area contributed by atoms with Crippen molar-refractivity contribution < 1.29 is 4.79 Å². The Bertz CT molecular complexity index is 287. The van der Waals surface area contributed by atoms with Crippen molar-refractivity contribution in [2.45, 2.75) is 51.4 Å². The number of carbonyl (C=O) groups is 1. The first kappa shape index (κ1) is 11.4. The normalized spacial score (nSPS) is 27.4. The lowest BCUT2D eigenvalue weighted by molar-refractivity contribution is 0.196. The second-order valence-corrected chi connectivity index (χ2v) is 6.20. The maximum atomic E-state index is 12.1. The Morgan fingerprint density at radius 3 is 2.29 bits per heavy atom. The zero-order valence-electron chi connectivity index (χ0n) is 10.7. The molecule has 0 spiro atoms. The van der Waals surface area contributed by atoms with Gasteiger partial charge in [0.1, 0.15) is 0 Å². The van der Waals surface area contributed by atoms with Gasteiger partial charge in [-0.05, 0) is 49.9 Å². The molecule has 2 saturated carbocycles. The second kappa shape index (κ2) is 4.51. The number of likely N-dealkylation sites (tertiary alicyclic amines) is 1. The first-order valence-corrected chi connectivity index (χ1v) is 7.33. The van der Waals surface area contributed by atoms with Crippen LogP contribution in [0.5, 0.6) is 0 Å². The fraction of sp³-hybridized carbons (Fsp3) is 0.929. The van der Waals surface area contributed by atoms with E-state index in [1.807, 2.05) is 4.90 Å². The molecule has 1 N–H and O–H groups in total. The third-order valence-electron chi connectivity index (χ3n) is 4.82. The van der Waals surface area contributed by atoms with Crippen LogP contribution in [0.3, 0.4) is 0 Å². The fourth-order valence-corrected chi connectivity index (χ4v) is 3.22. The van der Waals surface area contributed by atoms with E-state index in [2.05, 4.69) is 5.32 Å². The predicted octanol–water partition coefficient (Wildman–Crippen LogP) is 2.76. The van der Waals surface area contributed by atoms with Crippen LogP contribution >= 0.6 is 0 Å². The number of hydrogen-bond donors (Lipinski definition) is 1. The van der Waals surface area contributed by atoms with Crippen molar-refractivity contribution in [2.75, 3.05) is 19.6 Å². The van der Waals surface area contributed by atoms with Gasteiger partial charge >= 0.3 is 6.03 Å². The molecular formula is C14H24N2O. The van der Waals surface area contributed by atoms with Crippen molar-refractivity contribution in [1.82, 2.24) is 10.2 Å². The number of hydrogen-bond acceptors (Lipinski definition) is 1. The largest absolute Gasteiger partial charge is 0.337 e. The summed E-state index contributed by atoms with van der Waals surface area (Å²) in [5.41, 5.74) is 0.529. The van der Waals surface area contributed by atoms with Crippen LogP contribution in [0.15, 0.2) is 0 Å². The third-order valence-corrected chi connectivity index (χ3v) is 4.82. The van der Waals surface area contributed by atoms with E-state index < -0.39 is 0 Å². The summed E-state index contributed by atoms with van der Waals surface area (Å²) in [5, 5.41) is 3.19. The summed E-state index contributed by atoms with van der Waals surface area (Å²) in [4.78, 5) is 14.1. The van der Waals surface area contributed by atoms with Gasteiger partial charge < -0.3 is 10.2 Å². The predicted molar refractivity (Wildman–Crippen MR) is 67.8 cm³/mol. The molecule has 3 nitrogen and oxygen atoms in total. The Labute approximate surface area is 104 Å². The molecule has 2 aliphatic carbocycles. The van der Waals surface area contributed by atoms with Crippen LogP contribution in [0.2, 0.25) is 0 Å². The van der Waals surface area contributed by atoms with Crippen LogP contribution in [0, 0.1) is 11.3 Å². The molecule has 3 heteroatoms. The minimum atomic E-state index is 0.193. The zero-order chi connectivity index (χ0) is 11.7. The number of nitrogens with one attached hydrogen (secondary N) is 1. The summed E-state index contributed by atoms with van der Waals surface area (Å²) < 4.78 is 0. The molecule has 96 valence electrons. The molecule has 0 unspecified atom stereocenters. The van der Waals surface area contributed by atoms with Crippen LogP contribution in [-0.4, -0.2) is 30.6 Å². The molecule has 1 saturated heterocycles. The van der Waals surface area contributed by atoms with Gasteiger partial charge in [-0.3, -0.25) is 0 Å². The molecule has 3 fully saturated rings. The Hall–Kier alpha value is -0.730. The zero-order valence-corrected chi connectivity index (χ0v) is 10.7. The van der Waals surface area contributed by atoms with Crippen LogP contribution < -0.4 is 5.32 Å². The summed E-state index contributed by atoms with van der Waals surface area (Å²) >= 11 is 0. The standard InChI is InChI=1S/C14H24N2O/c17-13(16-9-3-1-2-4-10-16)15-11-14(7-8-14)12-5-6-12/h12H,1-11H2,(H,15,17). The van der Waals surface area contributed by atoms with Gasteiger partial charge in [-0.15, -0.1) is 0 Å². The van der Waals surface area contributed by atoms with E-state index in [-0.39, 0.29) is 6.03 Å². The smallest absolute Gasteiger partial charge is 0.317 e. The van der Waals surface area contributed by atoms with Crippen molar-refractivity contribution in [2.24, 2.45) is 11.3 Å². The number of carbonyl (C=O) groups excluding carboxylic acids is 1. The Balaban J connectivity index is 1.46. The molecule has 2 amide bonds. The summed E-state index contributed by atoms with van der Waals surface area (Å²) in [6.45, 7) is 2.86. The highest BCUT2D eigenvalue weighted by Gasteiger charge is 2.53. The Morgan fingerprint density at radius 2 is 1.76 bits per heavy atom. The molecular weight excluding hydrogens is 212 g/mol. The molecule has 3 rings (SSSR count). The molecule has 17 heavy (non-hydrogen) atoms. The van der Waals surface area contributed by atoms with Crippen molar-refractivity contribution in [3.8, 4) is 0 Å². The van der Waals surface area contributed by atoms with E-state index in [1.165, 1.54) is 51.4 Å². The fourth-order valence-electron chi connectivity index (χ4n) is 3.22. The van der Waals surface area contributed by atoms with E-state index >= 15 is 0 Å². The first-order valence-electron chi connectivity index (χ1n) is 7.33. The SMILES string of the molecule is O=C(NCC1(C2CC2)CC1)N1CCCCCC1. The Morgan fingerprint density at radius 1 is 1.12 bits per heavy atom. The van der Waals surface area contributed by atoms with Gasteiger partial charge in [-0.2, -0.15) is 0 Å². The van der Waals surface area contributed by atoms with Crippen molar-refractivity contribution in [1.29, 1.82) is 0 Å². The van der Waals surface area contributed by atoms with Crippen LogP contribution in [0.4, 0.5) is 4.79 Å². The van der Waals surface area contributed by atoms with Gasteiger partial charge in [0.25, 0.3) is 0 Å². The number of nitrogens with zero attached hydrogens (tertiary/aromatic N) is 1. The van der Waals surface area contributed by atoms with Crippen LogP contribution in [-0.2, 0) is 0 Å². The topological polar surface area (TPSA) is 32.3 Å². The molecule has 0 aromatic carbocycles. The third kappa shape index (κ3) is 2.58. The lowest BCUT2D eigenvalue weighted by Gasteiger charge is -2.23. The molecule has 0 bridgehead atoms. The van der Waals surface area contributed by atoms with Crippen LogP contribution in [0.1, 0.15) is 51.4 Å². The maximum absolute atomic E-state index is 12.1. The maximum Gasteiger partial charge on any atom is 0.317 e. The van der Waals surface area contributed by atoms with Gasteiger partial charge in [-0.1, -0.05) is 12.8 Å². The van der Waals surface area contributed by atoms with Crippen molar-refractivity contribution in [3.63, 3.8) is 0 Å². The minimum absolute atomic E-state index is 0.193. The number of amides is 2. The quantitative estimate of drug-likeness (QED) is 0.803. The lowest BCUT2D eigenvalue weighted by atomic mass is 10.0. The summed E-state index contributed by atoms with van der Waals surface area (Å²) in [6.07, 6.45) is 10.4. The van der Waals surface area contributed by atoms with Gasteiger partial charge in [0.05, 0.1) is 0 Å². The van der Waals surface area contributed by atoms with E-state index in [9.17, 15) is 4.79 Å². The second-order valence-electron chi connectivity index (χ2n) is 6.20. The van der Waals surface area contributed by atoms with E-state index in [0.717, 1.165) is 25.6 Å².